The highest BCUT2D eigenvalue weighted by molar-refractivity contribution is 7.99. The molecular formula is C17H17N3O3S. The van der Waals surface area contributed by atoms with Crippen LogP contribution in [-0.2, 0) is 11.3 Å². The Bertz CT molecular complexity index is 762. The Morgan fingerprint density at radius 3 is 3.00 bits per heavy atom. The van der Waals surface area contributed by atoms with Gasteiger partial charge in [-0.15, -0.1) is 11.8 Å². The van der Waals surface area contributed by atoms with E-state index in [0.29, 0.717) is 30.1 Å². The highest BCUT2D eigenvalue weighted by atomic mass is 32.2. The molecule has 0 atom stereocenters. The van der Waals surface area contributed by atoms with Crippen LogP contribution in [0.3, 0.4) is 0 Å². The third-order valence-electron chi connectivity index (χ3n) is 3.56. The second kappa shape index (κ2) is 7.35. The minimum Gasteiger partial charge on any atom is -0.481 e. The smallest absolute Gasteiger partial charge is 0.251 e. The van der Waals surface area contributed by atoms with Gasteiger partial charge in [-0.25, -0.2) is 4.98 Å². The van der Waals surface area contributed by atoms with Gasteiger partial charge in [-0.05, 0) is 23.8 Å². The SMILES string of the molecule is COc1ccc(CNC(=O)c2ccc3c(c2)NC(=O)CCS3)cn1. The van der Waals surface area contributed by atoms with E-state index in [0.717, 1.165) is 16.2 Å². The molecule has 7 heteroatoms. The maximum Gasteiger partial charge on any atom is 0.251 e. The molecule has 0 aliphatic carbocycles. The fourth-order valence-corrected chi connectivity index (χ4v) is 3.22. The van der Waals surface area contributed by atoms with Gasteiger partial charge >= 0.3 is 0 Å². The van der Waals surface area contributed by atoms with Crippen LogP contribution >= 0.6 is 11.8 Å². The largest absolute Gasteiger partial charge is 0.481 e. The summed E-state index contributed by atoms with van der Waals surface area (Å²) < 4.78 is 5.00. The molecule has 2 aromatic rings. The first-order valence-electron chi connectivity index (χ1n) is 7.49. The van der Waals surface area contributed by atoms with E-state index >= 15 is 0 Å². The average Bonchev–Trinajstić information content (AvgIpc) is 2.79. The lowest BCUT2D eigenvalue weighted by molar-refractivity contribution is -0.115. The van der Waals surface area contributed by atoms with Crippen molar-refractivity contribution in [1.29, 1.82) is 0 Å². The lowest BCUT2D eigenvalue weighted by atomic mass is 10.1. The van der Waals surface area contributed by atoms with E-state index in [-0.39, 0.29) is 11.8 Å². The summed E-state index contributed by atoms with van der Waals surface area (Å²) in [7, 11) is 1.55. The van der Waals surface area contributed by atoms with Gasteiger partial charge in [0.1, 0.15) is 0 Å². The molecule has 1 aromatic carbocycles. The number of nitrogens with zero attached hydrogens (tertiary/aromatic N) is 1. The summed E-state index contributed by atoms with van der Waals surface area (Å²) in [5, 5.41) is 5.69. The van der Waals surface area contributed by atoms with Gasteiger partial charge in [0.05, 0.1) is 12.8 Å². The van der Waals surface area contributed by atoms with Gasteiger partial charge in [-0.2, -0.15) is 0 Å². The Labute approximate surface area is 144 Å². The van der Waals surface area contributed by atoms with E-state index in [9.17, 15) is 9.59 Å². The molecule has 2 N–H and O–H groups in total. The van der Waals surface area contributed by atoms with Crippen molar-refractivity contribution in [2.24, 2.45) is 0 Å². The molecule has 1 aromatic heterocycles. The van der Waals surface area contributed by atoms with Crippen molar-refractivity contribution in [1.82, 2.24) is 10.3 Å². The van der Waals surface area contributed by atoms with Gasteiger partial charge < -0.3 is 15.4 Å². The normalized spacial score (nSPS) is 13.5. The number of aromatic nitrogens is 1. The number of thioether (sulfide) groups is 1. The Balaban J connectivity index is 1.67. The van der Waals surface area contributed by atoms with Gasteiger partial charge in [-0.1, -0.05) is 6.07 Å². The summed E-state index contributed by atoms with van der Waals surface area (Å²) in [6.07, 6.45) is 2.14. The zero-order valence-corrected chi connectivity index (χ0v) is 14.0. The summed E-state index contributed by atoms with van der Waals surface area (Å²) >= 11 is 1.61. The predicted molar refractivity (Wildman–Crippen MR) is 92.4 cm³/mol. The Morgan fingerprint density at radius 2 is 2.25 bits per heavy atom. The summed E-state index contributed by atoms with van der Waals surface area (Å²) in [6.45, 7) is 0.369. The number of hydrogen-bond acceptors (Lipinski definition) is 5. The van der Waals surface area contributed by atoms with Crippen molar-refractivity contribution < 1.29 is 14.3 Å². The number of ether oxygens (including phenoxy) is 1. The standard InChI is InChI=1S/C17H17N3O3S/c1-23-16-5-2-11(9-18-16)10-19-17(22)12-3-4-14-13(8-12)20-15(21)6-7-24-14/h2-5,8-9H,6-7,10H2,1H3,(H,19,22)(H,20,21). The maximum atomic E-state index is 12.3. The number of amides is 2. The Hall–Kier alpha value is -2.54. The minimum absolute atomic E-state index is 0.0249. The van der Waals surface area contributed by atoms with Crippen LogP contribution in [0, 0.1) is 0 Å². The van der Waals surface area contributed by atoms with E-state index < -0.39 is 0 Å². The fraction of sp³-hybridized carbons (Fsp3) is 0.235. The number of hydrogen-bond donors (Lipinski definition) is 2. The second-order valence-corrected chi connectivity index (χ2v) is 6.39. The molecule has 0 spiro atoms. The van der Waals surface area contributed by atoms with E-state index in [1.165, 1.54) is 0 Å². The van der Waals surface area contributed by atoms with Crippen LogP contribution in [0.2, 0.25) is 0 Å². The Kier molecular flexibility index (Phi) is 5.00. The molecule has 0 radical (unpaired) electrons. The topological polar surface area (TPSA) is 80.3 Å². The van der Waals surface area contributed by atoms with E-state index in [1.807, 2.05) is 12.1 Å². The van der Waals surface area contributed by atoms with Crippen molar-refractivity contribution in [3.05, 3.63) is 47.7 Å². The van der Waals surface area contributed by atoms with Crippen molar-refractivity contribution in [3.63, 3.8) is 0 Å². The molecule has 2 amide bonds. The maximum absolute atomic E-state index is 12.3. The van der Waals surface area contributed by atoms with Crippen molar-refractivity contribution in [2.75, 3.05) is 18.2 Å². The number of fused-ring (bicyclic) bond motifs is 1. The molecular weight excluding hydrogens is 326 g/mol. The monoisotopic (exact) mass is 343 g/mol. The molecule has 3 rings (SSSR count). The third kappa shape index (κ3) is 3.86. The summed E-state index contributed by atoms with van der Waals surface area (Å²) in [4.78, 5) is 29.1. The molecule has 24 heavy (non-hydrogen) atoms. The number of methoxy groups -OCH3 is 1. The lowest BCUT2D eigenvalue weighted by Gasteiger charge is -2.10. The van der Waals surface area contributed by atoms with E-state index in [1.54, 1.807) is 43.3 Å². The molecule has 2 heterocycles. The fourth-order valence-electron chi connectivity index (χ4n) is 2.28. The van der Waals surface area contributed by atoms with Gasteiger partial charge in [0.15, 0.2) is 0 Å². The van der Waals surface area contributed by atoms with Crippen LogP contribution in [0.4, 0.5) is 5.69 Å². The van der Waals surface area contributed by atoms with E-state index in [2.05, 4.69) is 15.6 Å². The molecule has 1 aliphatic rings. The van der Waals surface area contributed by atoms with Gasteiger partial charge in [-0.3, -0.25) is 9.59 Å². The second-order valence-electron chi connectivity index (χ2n) is 5.25. The minimum atomic E-state index is -0.197. The van der Waals surface area contributed by atoms with Crippen LogP contribution in [0.1, 0.15) is 22.3 Å². The molecule has 0 bridgehead atoms. The first-order chi connectivity index (χ1) is 11.7. The van der Waals surface area contributed by atoms with Gasteiger partial charge in [0.2, 0.25) is 11.8 Å². The number of carbonyl (C=O) groups excluding carboxylic acids is 2. The summed E-state index contributed by atoms with van der Waals surface area (Å²) in [5.74, 6) is 1.05. The number of rotatable bonds is 4. The zero-order chi connectivity index (χ0) is 16.9. The van der Waals surface area contributed by atoms with Crippen LogP contribution in [-0.4, -0.2) is 29.7 Å². The quantitative estimate of drug-likeness (QED) is 0.891. The molecule has 0 saturated carbocycles. The highest BCUT2D eigenvalue weighted by Gasteiger charge is 2.15. The number of benzene rings is 1. The van der Waals surface area contributed by atoms with Crippen LogP contribution in [0.15, 0.2) is 41.4 Å². The summed E-state index contributed by atoms with van der Waals surface area (Å²) in [6, 6.07) is 8.95. The third-order valence-corrected chi connectivity index (χ3v) is 4.64. The van der Waals surface area contributed by atoms with Crippen molar-refractivity contribution in [2.45, 2.75) is 17.9 Å². The zero-order valence-electron chi connectivity index (χ0n) is 13.2. The molecule has 0 unspecified atom stereocenters. The number of carbonyl (C=O) groups is 2. The number of pyridine rings is 1. The number of nitrogens with one attached hydrogen (secondary N) is 2. The van der Waals surface area contributed by atoms with Crippen molar-refractivity contribution in [3.8, 4) is 5.88 Å². The number of anilines is 1. The summed E-state index contributed by atoms with van der Waals surface area (Å²) in [5.41, 5.74) is 2.09. The van der Waals surface area contributed by atoms with Crippen LogP contribution in [0.25, 0.3) is 0 Å². The lowest BCUT2D eigenvalue weighted by Crippen LogP contribution is -2.23. The van der Waals surface area contributed by atoms with Crippen LogP contribution in [0.5, 0.6) is 5.88 Å². The molecule has 124 valence electrons. The van der Waals surface area contributed by atoms with Crippen molar-refractivity contribution >= 4 is 29.3 Å². The van der Waals surface area contributed by atoms with E-state index in [4.69, 9.17) is 4.74 Å². The first kappa shape index (κ1) is 16.3. The van der Waals surface area contributed by atoms with Gasteiger partial charge in [0.25, 0.3) is 5.91 Å². The van der Waals surface area contributed by atoms with Gasteiger partial charge in [0, 0.05) is 41.4 Å². The van der Waals surface area contributed by atoms with Crippen LogP contribution < -0.4 is 15.4 Å². The predicted octanol–water partition coefficient (Wildman–Crippen LogP) is 2.45. The molecule has 0 fully saturated rings. The average molecular weight is 343 g/mol. The molecule has 0 saturated heterocycles. The molecule has 6 nitrogen and oxygen atoms in total. The first-order valence-corrected chi connectivity index (χ1v) is 8.48. The molecule has 1 aliphatic heterocycles. The Morgan fingerprint density at radius 1 is 1.38 bits per heavy atom. The highest BCUT2D eigenvalue weighted by Crippen LogP contribution is 2.31.